The van der Waals surface area contributed by atoms with Gasteiger partial charge in [0, 0.05) is 11.5 Å². The highest BCUT2D eigenvalue weighted by molar-refractivity contribution is 5.99. The van der Waals surface area contributed by atoms with E-state index in [-0.39, 0.29) is 5.56 Å². The van der Waals surface area contributed by atoms with Crippen molar-refractivity contribution in [2.24, 2.45) is 11.8 Å². The van der Waals surface area contributed by atoms with E-state index in [1.807, 2.05) is 0 Å². The van der Waals surface area contributed by atoms with Gasteiger partial charge in [-0.15, -0.1) is 0 Å². The van der Waals surface area contributed by atoms with Crippen molar-refractivity contribution >= 4 is 11.8 Å². The third-order valence-corrected chi connectivity index (χ3v) is 2.76. The van der Waals surface area contributed by atoms with Crippen LogP contribution in [0.4, 0.5) is 8.78 Å². The fourth-order valence-corrected chi connectivity index (χ4v) is 1.35. The van der Waals surface area contributed by atoms with Gasteiger partial charge >= 0.3 is 5.97 Å². The lowest BCUT2D eigenvalue weighted by Gasteiger charge is -2.14. The van der Waals surface area contributed by atoms with E-state index in [0.29, 0.717) is 0 Å². The maximum atomic E-state index is 12.9. The SMILES string of the molecule is CC(C(=O)O)C(C)C(=O)c1ccc(F)c(F)c1. The molecule has 17 heavy (non-hydrogen) atoms. The van der Waals surface area contributed by atoms with E-state index < -0.39 is 35.2 Å². The number of carboxylic acid groups (broad SMARTS) is 1. The summed E-state index contributed by atoms with van der Waals surface area (Å²) in [7, 11) is 0. The Labute approximate surface area is 97.1 Å². The minimum absolute atomic E-state index is 0.0236. The number of hydrogen-bond acceptors (Lipinski definition) is 2. The van der Waals surface area contributed by atoms with Crippen LogP contribution in [0.15, 0.2) is 18.2 Å². The van der Waals surface area contributed by atoms with Crippen molar-refractivity contribution in [2.45, 2.75) is 13.8 Å². The fourth-order valence-electron chi connectivity index (χ4n) is 1.35. The van der Waals surface area contributed by atoms with Gasteiger partial charge in [0.05, 0.1) is 5.92 Å². The van der Waals surface area contributed by atoms with Crippen LogP contribution in [-0.4, -0.2) is 16.9 Å². The summed E-state index contributed by atoms with van der Waals surface area (Å²) >= 11 is 0. The first-order chi connectivity index (χ1) is 7.84. The van der Waals surface area contributed by atoms with Crippen LogP contribution in [0.5, 0.6) is 0 Å². The summed E-state index contributed by atoms with van der Waals surface area (Å²) < 4.78 is 25.6. The van der Waals surface area contributed by atoms with E-state index in [1.54, 1.807) is 0 Å². The fraction of sp³-hybridized carbons (Fsp3) is 0.333. The highest BCUT2D eigenvalue weighted by atomic mass is 19.2. The van der Waals surface area contributed by atoms with Gasteiger partial charge in [0.1, 0.15) is 0 Å². The first-order valence-electron chi connectivity index (χ1n) is 5.06. The molecule has 2 atom stereocenters. The van der Waals surface area contributed by atoms with Crippen molar-refractivity contribution < 1.29 is 23.5 Å². The molecule has 0 aromatic heterocycles. The molecule has 0 aliphatic heterocycles. The van der Waals surface area contributed by atoms with Crippen LogP contribution in [0.25, 0.3) is 0 Å². The number of rotatable bonds is 4. The Hall–Kier alpha value is -1.78. The van der Waals surface area contributed by atoms with E-state index in [9.17, 15) is 18.4 Å². The van der Waals surface area contributed by atoms with Crippen molar-refractivity contribution in [3.63, 3.8) is 0 Å². The third-order valence-electron chi connectivity index (χ3n) is 2.76. The van der Waals surface area contributed by atoms with Gasteiger partial charge in [-0.3, -0.25) is 9.59 Å². The molecule has 0 saturated heterocycles. The minimum atomic E-state index is -1.12. The quantitative estimate of drug-likeness (QED) is 0.825. The number of halogens is 2. The van der Waals surface area contributed by atoms with E-state index in [2.05, 4.69) is 0 Å². The molecule has 0 aliphatic rings. The second-order valence-corrected chi connectivity index (χ2v) is 3.91. The van der Waals surface area contributed by atoms with Crippen LogP contribution >= 0.6 is 0 Å². The van der Waals surface area contributed by atoms with E-state index in [4.69, 9.17) is 5.11 Å². The summed E-state index contributed by atoms with van der Waals surface area (Å²) in [4.78, 5) is 22.5. The molecule has 1 rings (SSSR count). The number of Topliss-reactive ketones (excluding diaryl/α,β-unsaturated/α-hetero) is 1. The highest BCUT2D eigenvalue weighted by Crippen LogP contribution is 2.19. The molecule has 1 aromatic carbocycles. The molecule has 0 fully saturated rings. The van der Waals surface area contributed by atoms with Crippen LogP contribution in [-0.2, 0) is 4.79 Å². The number of carboxylic acids is 1. The average Bonchev–Trinajstić information content (AvgIpc) is 2.29. The van der Waals surface area contributed by atoms with Crippen molar-refractivity contribution in [3.8, 4) is 0 Å². The number of ketones is 1. The van der Waals surface area contributed by atoms with Gasteiger partial charge in [-0.05, 0) is 18.2 Å². The maximum absolute atomic E-state index is 12.9. The molecular formula is C12H12F2O3. The Morgan fingerprint density at radius 3 is 2.18 bits per heavy atom. The summed E-state index contributed by atoms with van der Waals surface area (Å²) in [5.41, 5.74) is -0.0236. The summed E-state index contributed by atoms with van der Waals surface area (Å²) in [6.45, 7) is 2.84. The van der Waals surface area contributed by atoms with E-state index in [1.165, 1.54) is 13.8 Å². The molecule has 0 bridgehead atoms. The lowest BCUT2D eigenvalue weighted by atomic mass is 9.88. The lowest BCUT2D eigenvalue weighted by molar-refractivity contribution is -0.142. The second-order valence-electron chi connectivity index (χ2n) is 3.91. The summed E-state index contributed by atoms with van der Waals surface area (Å²) in [6.07, 6.45) is 0. The van der Waals surface area contributed by atoms with Gasteiger partial charge < -0.3 is 5.11 Å². The Morgan fingerprint density at radius 1 is 1.12 bits per heavy atom. The predicted octanol–water partition coefficient (Wildman–Crippen LogP) is 2.50. The number of aliphatic carboxylic acids is 1. The Balaban J connectivity index is 2.96. The first-order valence-corrected chi connectivity index (χ1v) is 5.06. The molecule has 1 aromatic rings. The Morgan fingerprint density at radius 2 is 1.71 bits per heavy atom. The van der Waals surface area contributed by atoms with Crippen molar-refractivity contribution in [2.75, 3.05) is 0 Å². The van der Waals surface area contributed by atoms with Crippen LogP contribution < -0.4 is 0 Å². The summed E-state index contributed by atoms with van der Waals surface area (Å²) in [6, 6.07) is 2.77. The zero-order valence-electron chi connectivity index (χ0n) is 9.41. The second kappa shape index (κ2) is 5.03. The third kappa shape index (κ3) is 2.87. The van der Waals surface area contributed by atoms with Crippen LogP contribution in [0.2, 0.25) is 0 Å². The summed E-state index contributed by atoms with van der Waals surface area (Å²) in [5.74, 6) is -5.45. The van der Waals surface area contributed by atoms with Gasteiger partial charge in [0.15, 0.2) is 17.4 Å². The molecule has 1 N–H and O–H groups in total. The van der Waals surface area contributed by atoms with Crippen LogP contribution in [0.3, 0.4) is 0 Å². The Kier molecular flexibility index (Phi) is 3.93. The van der Waals surface area contributed by atoms with Gasteiger partial charge in [-0.1, -0.05) is 13.8 Å². The molecule has 0 spiro atoms. The summed E-state index contributed by atoms with van der Waals surface area (Å²) in [5, 5.41) is 8.76. The largest absolute Gasteiger partial charge is 0.481 e. The molecular weight excluding hydrogens is 230 g/mol. The van der Waals surface area contributed by atoms with Crippen molar-refractivity contribution in [1.82, 2.24) is 0 Å². The van der Waals surface area contributed by atoms with E-state index in [0.717, 1.165) is 18.2 Å². The molecule has 0 saturated carbocycles. The average molecular weight is 242 g/mol. The van der Waals surface area contributed by atoms with Crippen molar-refractivity contribution in [1.29, 1.82) is 0 Å². The lowest BCUT2D eigenvalue weighted by Crippen LogP contribution is -2.25. The van der Waals surface area contributed by atoms with Gasteiger partial charge in [0.25, 0.3) is 0 Å². The van der Waals surface area contributed by atoms with Gasteiger partial charge in [-0.2, -0.15) is 0 Å². The predicted molar refractivity (Wildman–Crippen MR) is 56.7 cm³/mol. The zero-order valence-corrected chi connectivity index (χ0v) is 9.41. The number of carbonyl (C=O) groups excluding carboxylic acids is 1. The standard InChI is InChI=1S/C12H12F2O3/c1-6(7(2)12(16)17)11(15)8-3-4-9(13)10(14)5-8/h3-7H,1-2H3,(H,16,17). The molecule has 92 valence electrons. The van der Waals surface area contributed by atoms with Crippen molar-refractivity contribution in [3.05, 3.63) is 35.4 Å². The molecule has 0 radical (unpaired) electrons. The molecule has 0 aliphatic carbocycles. The van der Waals surface area contributed by atoms with Gasteiger partial charge in [0.2, 0.25) is 0 Å². The smallest absolute Gasteiger partial charge is 0.306 e. The number of benzene rings is 1. The highest BCUT2D eigenvalue weighted by Gasteiger charge is 2.26. The number of carbonyl (C=O) groups is 2. The van der Waals surface area contributed by atoms with E-state index >= 15 is 0 Å². The monoisotopic (exact) mass is 242 g/mol. The first kappa shape index (κ1) is 13.3. The van der Waals surface area contributed by atoms with Crippen LogP contribution in [0.1, 0.15) is 24.2 Å². The Bertz CT molecular complexity index is 457. The molecule has 5 heteroatoms. The number of hydrogen-bond donors (Lipinski definition) is 1. The van der Waals surface area contributed by atoms with Crippen LogP contribution in [0, 0.1) is 23.5 Å². The normalized spacial score (nSPS) is 14.1. The molecule has 2 unspecified atom stereocenters. The molecule has 0 heterocycles. The maximum Gasteiger partial charge on any atom is 0.306 e. The molecule has 0 amide bonds. The van der Waals surface area contributed by atoms with Gasteiger partial charge in [-0.25, -0.2) is 8.78 Å². The molecule has 3 nitrogen and oxygen atoms in total. The zero-order chi connectivity index (χ0) is 13.2. The topological polar surface area (TPSA) is 54.4 Å². The minimum Gasteiger partial charge on any atom is -0.481 e.